The Morgan fingerprint density at radius 1 is 1.19 bits per heavy atom. The largest absolute Gasteiger partial charge is 0.435 e. The van der Waals surface area contributed by atoms with E-state index in [-0.39, 0.29) is 29.7 Å². The predicted octanol–water partition coefficient (Wildman–Crippen LogP) is 2.45. The normalized spacial score (nSPS) is 11.0. The second-order valence-electron chi connectivity index (χ2n) is 5.64. The van der Waals surface area contributed by atoms with Gasteiger partial charge in [-0.25, -0.2) is 9.37 Å². The van der Waals surface area contributed by atoms with E-state index in [1.165, 1.54) is 36.7 Å². The molecule has 0 spiro atoms. The average molecular weight is 377 g/mol. The van der Waals surface area contributed by atoms with Gasteiger partial charge >= 0.3 is 6.61 Å². The number of rotatable bonds is 6. The zero-order chi connectivity index (χ0) is 19.4. The molecule has 3 rings (SSSR count). The van der Waals surface area contributed by atoms with Crippen LogP contribution in [0.3, 0.4) is 0 Å². The van der Waals surface area contributed by atoms with Crippen molar-refractivity contribution >= 4 is 16.8 Å². The maximum Gasteiger partial charge on any atom is 0.387 e. The SMILES string of the molecule is O=C(Cn1cnc2cc(F)ccc2c1=O)NCc1ccc(OC(F)F)cc1. The molecular formula is C18H14F3N3O3. The number of carbonyl (C=O) groups is 1. The van der Waals surface area contributed by atoms with Crippen molar-refractivity contribution in [2.45, 2.75) is 19.7 Å². The van der Waals surface area contributed by atoms with E-state index in [1.54, 1.807) is 0 Å². The lowest BCUT2D eigenvalue weighted by molar-refractivity contribution is -0.121. The number of aromatic nitrogens is 2. The lowest BCUT2D eigenvalue weighted by atomic mass is 10.2. The molecule has 1 heterocycles. The van der Waals surface area contributed by atoms with E-state index in [1.807, 2.05) is 0 Å². The molecule has 3 aromatic rings. The van der Waals surface area contributed by atoms with Gasteiger partial charge in [-0.05, 0) is 29.8 Å². The van der Waals surface area contributed by atoms with Crippen molar-refractivity contribution in [1.29, 1.82) is 0 Å². The van der Waals surface area contributed by atoms with Gasteiger partial charge in [-0.3, -0.25) is 14.2 Å². The van der Waals surface area contributed by atoms with E-state index in [0.29, 0.717) is 5.56 Å². The number of amides is 1. The first kappa shape index (κ1) is 18.4. The van der Waals surface area contributed by atoms with Crippen LogP contribution in [0, 0.1) is 5.82 Å². The Kier molecular flexibility index (Phi) is 5.39. The molecule has 6 nitrogen and oxygen atoms in total. The molecule has 27 heavy (non-hydrogen) atoms. The molecule has 9 heteroatoms. The number of alkyl halides is 2. The van der Waals surface area contributed by atoms with Crippen molar-refractivity contribution in [2.24, 2.45) is 0 Å². The number of benzene rings is 2. The summed E-state index contributed by atoms with van der Waals surface area (Å²) in [6.45, 7) is -3.01. The second-order valence-corrected chi connectivity index (χ2v) is 5.64. The number of nitrogens with zero attached hydrogens (tertiary/aromatic N) is 2. The number of nitrogens with one attached hydrogen (secondary N) is 1. The van der Waals surface area contributed by atoms with Crippen molar-refractivity contribution in [3.05, 3.63) is 70.5 Å². The fourth-order valence-corrected chi connectivity index (χ4v) is 2.44. The number of ether oxygens (including phenoxy) is 1. The zero-order valence-electron chi connectivity index (χ0n) is 13.9. The minimum absolute atomic E-state index is 0.0188. The van der Waals surface area contributed by atoms with E-state index in [9.17, 15) is 22.8 Å². The highest BCUT2D eigenvalue weighted by Gasteiger charge is 2.09. The molecule has 2 aromatic carbocycles. The fraction of sp³-hybridized carbons (Fsp3) is 0.167. The van der Waals surface area contributed by atoms with Crippen LogP contribution in [0.1, 0.15) is 5.56 Å². The number of hydrogen-bond donors (Lipinski definition) is 1. The summed E-state index contributed by atoms with van der Waals surface area (Å²) in [5.74, 6) is -0.923. The second kappa shape index (κ2) is 7.90. The average Bonchev–Trinajstić information content (AvgIpc) is 2.63. The lowest BCUT2D eigenvalue weighted by Crippen LogP contribution is -2.32. The Bertz CT molecular complexity index is 1020. The third-order valence-corrected chi connectivity index (χ3v) is 3.74. The van der Waals surface area contributed by atoms with Crippen LogP contribution >= 0.6 is 0 Å². The quantitative estimate of drug-likeness (QED) is 0.716. The molecule has 140 valence electrons. The molecule has 0 saturated heterocycles. The highest BCUT2D eigenvalue weighted by atomic mass is 19.3. The summed E-state index contributed by atoms with van der Waals surface area (Å²) in [7, 11) is 0. The summed E-state index contributed by atoms with van der Waals surface area (Å²) in [5, 5.41) is 2.83. The summed E-state index contributed by atoms with van der Waals surface area (Å²) < 4.78 is 42.7. The highest BCUT2D eigenvalue weighted by Crippen LogP contribution is 2.14. The van der Waals surface area contributed by atoms with Crippen molar-refractivity contribution < 1.29 is 22.7 Å². The molecule has 0 unspecified atom stereocenters. The number of hydrogen-bond acceptors (Lipinski definition) is 4. The molecule has 1 aromatic heterocycles. The smallest absolute Gasteiger partial charge is 0.387 e. The maximum absolute atomic E-state index is 13.2. The molecule has 1 amide bonds. The van der Waals surface area contributed by atoms with Crippen LogP contribution in [-0.4, -0.2) is 22.1 Å². The van der Waals surface area contributed by atoms with Crippen LogP contribution in [0.2, 0.25) is 0 Å². The molecule has 0 aliphatic carbocycles. The Balaban J connectivity index is 1.62. The summed E-state index contributed by atoms with van der Waals surface area (Å²) in [5.41, 5.74) is 0.427. The van der Waals surface area contributed by atoms with Gasteiger partial charge in [-0.2, -0.15) is 8.78 Å². The summed E-state index contributed by atoms with van der Waals surface area (Å²) in [6.07, 6.45) is 1.18. The van der Waals surface area contributed by atoms with Crippen molar-refractivity contribution in [2.75, 3.05) is 0 Å². The maximum atomic E-state index is 13.2. The molecule has 0 radical (unpaired) electrons. The Morgan fingerprint density at radius 3 is 2.63 bits per heavy atom. The molecule has 0 aliphatic heterocycles. The third kappa shape index (κ3) is 4.63. The summed E-state index contributed by atoms with van der Waals surface area (Å²) in [6, 6.07) is 9.42. The monoisotopic (exact) mass is 377 g/mol. The Hall–Kier alpha value is -3.36. The van der Waals surface area contributed by atoms with Crippen molar-refractivity contribution in [3.8, 4) is 5.75 Å². The van der Waals surface area contributed by atoms with Gasteiger partial charge in [-0.1, -0.05) is 12.1 Å². The van der Waals surface area contributed by atoms with E-state index in [2.05, 4.69) is 15.0 Å². The molecule has 1 N–H and O–H groups in total. The van der Waals surface area contributed by atoms with Crippen molar-refractivity contribution in [1.82, 2.24) is 14.9 Å². The molecular weight excluding hydrogens is 363 g/mol. The zero-order valence-corrected chi connectivity index (χ0v) is 13.9. The van der Waals surface area contributed by atoms with Crippen LogP contribution in [0.15, 0.2) is 53.6 Å². The van der Waals surface area contributed by atoms with Gasteiger partial charge < -0.3 is 10.1 Å². The Morgan fingerprint density at radius 2 is 1.93 bits per heavy atom. The number of fused-ring (bicyclic) bond motifs is 1. The summed E-state index contributed by atoms with van der Waals surface area (Å²) in [4.78, 5) is 28.4. The van der Waals surface area contributed by atoms with Crippen LogP contribution in [-0.2, 0) is 17.9 Å². The van der Waals surface area contributed by atoms with Gasteiger partial charge in [0.1, 0.15) is 18.1 Å². The predicted molar refractivity (Wildman–Crippen MR) is 90.9 cm³/mol. The number of carbonyl (C=O) groups excluding carboxylic acids is 1. The van der Waals surface area contributed by atoms with Gasteiger partial charge in [0.25, 0.3) is 5.56 Å². The van der Waals surface area contributed by atoms with Gasteiger partial charge in [-0.15, -0.1) is 0 Å². The molecule has 0 atom stereocenters. The number of halogens is 3. The van der Waals surface area contributed by atoms with Crippen LogP contribution in [0.25, 0.3) is 10.9 Å². The first-order valence-electron chi connectivity index (χ1n) is 7.87. The van der Waals surface area contributed by atoms with Crippen LogP contribution in [0.5, 0.6) is 5.75 Å². The topological polar surface area (TPSA) is 73.2 Å². The van der Waals surface area contributed by atoms with Gasteiger partial charge in [0.05, 0.1) is 17.2 Å². The van der Waals surface area contributed by atoms with Gasteiger partial charge in [0, 0.05) is 12.6 Å². The Labute approximate surface area is 151 Å². The highest BCUT2D eigenvalue weighted by molar-refractivity contribution is 5.79. The van der Waals surface area contributed by atoms with Crippen molar-refractivity contribution in [3.63, 3.8) is 0 Å². The summed E-state index contributed by atoms with van der Waals surface area (Å²) >= 11 is 0. The van der Waals surface area contributed by atoms with Gasteiger partial charge in [0.2, 0.25) is 5.91 Å². The van der Waals surface area contributed by atoms with Gasteiger partial charge in [0.15, 0.2) is 0 Å². The molecule has 0 bridgehead atoms. The van der Waals surface area contributed by atoms with Crippen LogP contribution in [0.4, 0.5) is 13.2 Å². The van der Waals surface area contributed by atoms with E-state index < -0.39 is 23.9 Å². The minimum Gasteiger partial charge on any atom is -0.435 e. The minimum atomic E-state index is -2.90. The first-order chi connectivity index (χ1) is 12.9. The third-order valence-electron chi connectivity index (χ3n) is 3.74. The molecule has 0 saturated carbocycles. The molecule has 0 fully saturated rings. The first-order valence-corrected chi connectivity index (χ1v) is 7.87. The standard InChI is InChI=1S/C18H14F3N3O3/c19-12-3-6-14-15(7-12)23-10-24(17(14)26)9-16(25)22-8-11-1-4-13(5-2-11)27-18(20)21/h1-7,10,18H,8-9H2,(H,22,25). The fourth-order valence-electron chi connectivity index (χ4n) is 2.44. The van der Waals surface area contributed by atoms with E-state index >= 15 is 0 Å². The van der Waals surface area contributed by atoms with E-state index in [0.717, 1.165) is 16.7 Å². The van der Waals surface area contributed by atoms with Crippen LogP contribution < -0.4 is 15.6 Å². The van der Waals surface area contributed by atoms with E-state index in [4.69, 9.17) is 0 Å². The lowest BCUT2D eigenvalue weighted by Gasteiger charge is -2.09. The molecule has 0 aliphatic rings.